The lowest BCUT2D eigenvalue weighted by Gasteiger charge is -2.19. The minimum atomic E-state index is -1.25. The van der Waals surface area contributed by atoms with Gasteiger partial charge in [0.1, 0.15) is 6.73 Å². The van der Waals surface area contributed by atoms with E-state index in [-0.39, 0.29) is 6.73 Å². The molecular formula is C23H30ClN5O2Si. The second-order valence-corrected chi connectivity index (χ2v) is 15.0. The van der Waals surface area contributed by atoms with Gasteiger partial charge in [-0.05, 0) is 42.8 Å². The number of rotatable bonds is 9. The number of primary amides is 1. The summed E-state index contributed by atoms with van der Waals surface area (Å²) in [5.41, 5.74) is 10.1. The number of nitrogens with zero attached hydrogens (tertiary/aromatic N) is 3. The van der Waals surface area contributed by atoms with Crippen molar-refractivity contribution in [2.24, 2.45) is 5.73 Å². The third kappa shape index (κ3) is 5.56. The molecule has 0 spiro atoms. The molecule has 0 fully saturated rings. The summed E-state index contributed by atoms with van der Waals surface area (Å²) in [5.74, 6) is -0.0413. The molecule has 2 heterocycles. The first kappa shape index (κ1) is 24.0. The molecule has 0 saturated heterocycles. The lowest BCUT2D eigenvalue weighted by molar-refractivity contribution is 0.0893. The van der Waals surface area contributed by atoms with Gasteiger partial charge in [-0.3, -0.25) is 4.79 Å². The van der Waals surface area contributed by atoms with Crippen LogP contribution in [0.2, 0.25) is 30.7 Å². The third-order valence-corrected chi connectivity index (χ3v) is 7.11. The predicted octanol–water partition coefficient (Wildman–Crippen LogP) is 5.03. The van der Waals surface area contributed by atoms with Gasteiger partial charge in [0.25, 0.3) is 5.91 Å². The zero-order valence-corrected chi connectivity index (χ0v) is 21.0. The number of amides is 1. The lowest BCUT2D eigenvalue weighted by atomic mass is 10.0. The van der Waals surface area contributed by atoms with Crippen molar-refractivity contribution in [1.82, 2.24) is 14.5 Å². The molecule has 0 bridgehead atoms. The van der Waals surface area contributed by atoms with E-state index in [1.165, 1.54) is 0 Å². The fourth-order valence-electron chi connectivity index (χ4n) is 3.38. The highest BCUT2D eigenvalue weighted by Crippen LogP contribution is 2.35. The van der Waals surface area contributed by atoms with E-state index in [0.29, 0.717) is 34.5 Å². The van der Waals surface area contributed by atoms with E-state index in [1.54, 1.807) is 25.4 Å². The molecule has 9 heteroatoms. The Bertz CT molecular complexity index is 1120. The third-order valence-electron chi connectivity index (χ3n) is 5.18. The van der Waals surface area contributed by atoms with Crippen molar-refractivity contribution in [1.29, 1.82) is 0 Å². The highest BCUT2D eigenvalue weighted by atomic mass is 35.5. The number of nitrogens with one attached hydrogen (secondary N) is 1. The molecule has 0 atom stereocenters. The number of benzene rings is 1. The molecule has 0 aliphatic rings. The van der Waals surface area contributed by atoms with Crippen molar-refractivity contribution < 1.29 is 9.53 Å². The number of aryl methyl sites for hydroxylation is 1. The van der Waals surface area contributed by atoms with Gasteiger partial charge in [-0.15, -0.1) is 0 Å². The molecule has 0 aliphatic carbocycles. The summed E-state index contributed by atoms with van der Waals surface area (Å²) in [5, 5.41) is 3.53. The molecule has 3 N–H and O–H groups in total. The average molecular weight is 472 g/mol. The van der Waals surface area contributed by atoms with Crippen LogP contribution in [0.1, 0.15) is 15.9 Å². The Kier molecular flexibility index (Phi) is 7.38. The fraction of sp³-hybridized carbons (Fsp3) is 0.348. The molecule has 3 rings (SSSR count). The summed E-state index contributed by atoms with van der Waals surface area (Å²) in [6, 6.07) is 10.2. The van der Waals surface area contributed by atoms with E-state index in [9.17, 15) is 4.79 Å². The molecule has 1 amide bonds. The lowest BCUT2D eigenvalue weighted by Crippen LogP contribution is -2.22. The second kappa shape index (κ2) is 9.85. The molecule has 1 aromatic carbocycles. The van der Waals surface area contributed by atoms with Crippen LogP contribution in [-0.2, 0) is 11.5 Å². The van der Waals surface area contributed by atoms with E-state index >= 15 is 0 Å². The van der Waals surface area contributed by atoms with Crippen LogP contribution in [-0.4, -0.2) is 42.2 Å². The molecule has 2 aromatic heterocycles. The quantitative estimate of drug-likeness (QED) is 0.337. The standard InChI is InChI=1S/C23H30ClN5O2Si/c1-15-6-7-16(24)12-17(15)21-18(22(25)30)13-20(19-8-9-27-23(26-2)28-19)29(21)14-31-10-11-32(3,4)5/h6-9,12-13H,10-11,14H2,1-5H3,(H2,25,30)(H,26,27,28). The average Bonchev–Trinajstić information content (AvgIpc) is 3.12. The first-order valence-electron chi connectivity index (χ1n) is 10.5. The molecule has 0 unspecified atom stereocenters. The maximum absolute atomic E-state index is 12.5. The first-order chi connectivity index (χ1) is 15.1. The van der Waals surface area contributed by atoms with Crippen LogP contribution in [0.4, 0.5) is 5.95 Å². The van der Waals surface area contributed by atoms with Crippen LogP contribution in [0.15, 0.2) is 36.5 Å². The molecule has 0 saturated carbocycles. The molecular weight excluding hydrogens is 442 g/mol. The largest absolute Gasteiger partial charge is 0.366 e. The van der Waals surface area contributed by atoms with Crippen molar-refractivity contribution >= 4 is 31.5 Å². The Morgan fingerprint density at radius 2 is 2.00 bits per heavy atom. The maximum atomic E-state index is 12.5. The van der Waals surface area contributed by atoms with Crippen LogP contribution in [0.3, 0.4) is 0 Å². The van der Waals surface area contributed by atoms with E-state index in [2.05, 4.69) is 34.9 Å². The summed E-state index contributed by atoms with van der Waals surface area (Å²) in [7, 11) is 0.511. The molecule has 32 heavy (non-hydrogen) atoms. The van der Waals surface area contributed by atoms with Gasteiger partial charge >= 0.3 is 0 Å². The number of nitrogens with two attached hydrogens (primary N) is 1. The molecule has 7 nitrogen and oxygen atoms in total. The summed E-state index contributed by atoms with van der Waals surface area (Å²) >= 11 is 6.31. The Morgan fingerprint density at radius 3 is 2.66 bits per heavy atom. The van der Waals surface area contributed by atoms with Crippen molar-refractivity contribution in [3.05, 3.63) is 52.7 Å². The number of anilines is 1. The molecule has 0 aliphatic heterocycles. The van der Waals surface area contributed by atoms with E-state index in [0.717, 1.165) is 22.9 Å². The van der Waals surface area contributed by atoms with Gasteiger partial charge in [0.2, 0.25) is 5.95 Å². The second-order valence-electron chi connectivity index (χ2n) is 8.91. The molecule has 170 valence electrons. The Balaban J connectivity index is 2.17. The van der Waals surface area contributed by atoms with Gasteiger partial charge in [0, 0.05) is 38.5 Å². The van der Waals surface area contributed by atoms with Gasteiger partial charge in [0.05, 0.1) is 22.6 Å². The van der Waals surface area contributed by atoms with E-state index < -0.39 is 14.0 Å². The van der Waals surface area contributed by atoms with Crippen molar-refractivity contribution in [2.45, 2.75) is 39.3 Å². The summed E-state index contributed by atoms with van der Waals surface area (Å²) < 4.78 is 8.04. The normalized spacial score (nSPS) is 11.6. The number of carbonyl (C=O) groups is 1. The minimum absolute atomic E-state index is 0.257. The fourth-order valence-corrected chi connectivity index (χ4v) is 4.31. The SMILES string of the molecule is CNc1nccc(-c2cc(C(N)=O)c(-c3cc(Cl)ccc3C)n2COCC[Si](C)(C)C)n1. The van der Waals surface area contributed by atoms with Crippen LogP contribution in [0.25, 0.3) is 22.6 Å². The van der Waals surface area contributed by atoms with Crippen LogP contribution >= 0.6 is 11.6 Å². The van der Waals surface area contributed by atoms with Gasteiger partial charge in [-0.2, -0.15) is 0 Å². The van der Waals surface area contributed by atoms with E-state index in [1.807, 2.05) is 29.7 Å². The number of carbonyl (C=O) groups excluding carboxylic acids is 1. The number of halogens is 1. The zero-order valence-electron chi connectivity index (χ0n) is 19.2. The molecule has 0 radical (unpaired) electrons. The topological polar surface area (TPSA) is 95.1 Å². The monoisotopic (exact) mass is 471 g/mol. The Morgan fingerprint density at radius 1 is 1.25 bits per heavy atom. The zero-order chi connectivity index (χ0) is 23.5. The van der Waals surface area contributed by atoms with Gasteiger partial charge in [-0.1, -0.05) is 37.3 Å². The summed E-state index contributed by atoms with van der Waals surface area (Å²) in [4.78, 5) is 21.2. The highest BCUT2D eigenvalue weighted by Gasteiger charge is 2.24. The molecule has 3 aromatic rings. The summed E-state index contributed by atoms with van der Waals surface area (Å²) in [6.45, 7) is 9.80. The number of ether oxygens (including phenoxy) is 1. The maximum Gasteiger partial charge on any atom is 0.250 e. The van der Waals surface area contributed by atoms with Crippen molar-refractivity contribution in [3.63, 3.8) is 0 Å². The highest BCUT2D eigenvalue weighted by molar-refractivity contribution is 6.76. The van der Waals surface area contributed by atoms with Crippen LogP contribution in [0.5, 0.6) is 0 Å². The van der Waals surface area contributed by atoms with E-state index in [4.69, 9.17) is 22.1 Å². The Labute approximate surface area is 195 Å². The first-order valence-corrected chi connectivity index (χ1v) is 14.6. The van der Waals surface area contributed by atoms with Crippen LogP contribution in [0, 0.1) is 6.92 Å². The van der Waals surface area contributed by atoms with Crippen molar-refractivity contribution in [3.8, 4) is 22.6 Å². The smallest absolute Gasteiger partial charge is 0.250 e. The number of hydrogen-bond donors (Lipinski definition) is 2. The summed E-state index contributed by atoms with van der Waals surface area (Å²) in [6.07, 6.45) is 1.67. The Hall–Kier alpha value is -2.68. The van der Waals surface area contributed by atoms with Crippen molar-refractivity contribution in [2.75, 3.05) is 19.0 Å². The number of aromatic nitrogens is 3. The predicted molar refractivity (Wildman–Crippen MR) is 133 cm³/mol. The number of hydrogen-bond acceptors (Lipinski definition) is 5. The minimum Gasteiger partial charge on any atom is -0.366 e. The van der Waals surface area contributed by atoms with Crippen LogP contribution < -0.4 is 11.1 Å². The van der Waals surface area contributed by atoms with Gasteiger partial charge in [-0.25, -0.2) is 9.97 Å². The van der Waals surface area contributed by atoms with Gasteiger partial charge < -0.3 is 20.4 Å². The van der Waals surface area contributed by atoms with Gasteiger partial charge in [0.15, 0.2) is 0 Å².